The van der Waals surface area contributed by atoms with Crippen molar-refractivity contribution < 1.29 is 14.8 Å². The van der Waals surface area contributed by atoms with E-state index in [1.807, 2.05) is 30.3 Å². The van der Waals surface area contributed by atoms with E-state index < -0.39 is 7.12 Å². The van der Waals surface area contributed by atoms with Crippen LogP contribution in [-0.2, 0) is 0 Å². The zero-order valence-electron chi connectivity index (χ0n) is 9.24. The molecule has 5 nitrogen and oxygen atoms in total. The summed E-state index contributed by atoms with van der Waals surface area (Å²) < 4.78 is 4.90. The normalized spacial score (nSPS) is 10.1. The molecule has 0 radical (unpaired) electrons. The van der Waals surface area contributed by atoms with Gasteiger partial charge in [-0.3, -0.25) is 0 Å². The Labute approximate surface area is 98.9 Å². The summed E-state index contributed by atoms with van der Waals surface area (Å²) in [4.78, 5) is 0. The molecular formula is C11H11BN2O3. The lowest BCUT2D eigenvalue weighted by atomic mass is 9.80. The van der Waals surface area contributed by atoms with Crippen molar-refractivity contribution >= 4 is 12.6 Å². The van der Waals surface area contributed by atoms with Gasteiger partial charge in [0.2, 0.25) is 5.88 Å². The number of ether oxygens (including phenoxy) is 1. The zero-order chi connectivity index (χ0) is 12.3. The molecule has 6 heteroatoms. The Kier molecular flexibility index (Phi) is 3.36. The lowest BCUT2D eigenvalue weighted by molar-refractivity contribution is 0.386. The fraction of sp³-hybridized carbons (Fsp3) is 0.0909. The van der Waals surface area contributed by atoms with Crippen molar-refractivity contribution in [3.63, 3.8) is 0 Å². The Morgan fingerprint density at radius 2 is 1.82 bits per heavy atom. The molecule has 0 aliphatic heterocycles. The summed E-state index contributed by atoms with van der Waals surface area (Å²) >= 11 is 0. The van der Waals surface area contributed by atoms with Crippen molar-refractivity contribution in [2.75, 3.05) is 7.11 Å². The van der Waals surface area contributed by atoms with E-state index in [2.05, 4.69) is 10.2 Å². The molecule has 86 valence electrons. The summed E-state index contributed by atoms with van der Waals surface area (Å²) in [5.74, 6) is 0.111. The second kappa shape index (κ2) is 4.94. The van der Waals surface area contributed by atoms with Crippen molar-refractivity contribution in [1.82, 2.24) is 10.2 Å². The standard InChI is InChI=1S/C11H11BN2O3/c1-17-11-9(12(15)16)7-10(13-14-11)8-5-3-2-4-6-8/h2-7,15-16H,1H3. The molecule has 0 unspecified atom stereocenters. The molecule has 0 saturated heterocycles. The van der Waals surface area contributed by atoms with Gasteiger partial charge in [0.15, 0.2) is 0 Å². The summed E-state index contributed by atoms with van der Waals surface area (Å²) in [6.45, 7) is 0. The molecule has 0 spiro atoms. The maximum atomic E-state index is 9.21. The quantitative estimate of drug-likeness (QED) is 0.716. The summed E-state index contributed by atoms with van der Waals surface area (Å²) in [5.41, 5.74) is 1.61. The predicted molar refractivity (Wildman–Crippen MR) is 63.8 cm³/mol. The highest BCUT2D eigenvalue weighted by atomic mass is 16.5. The minimum absolute atomic E-state index is 0.111. The monoisotopic (exact) mass is 230 g/mol. The molecule has 0 aliphatic rings. The number of benzene rings is 1. The van der Waals surface area contributed by atoms with Crippen molar-refractivity contribution in [2.24, 2.45) is 0 Å². The fourth-order valence-corrected chi connectivity index (χ4v) is 1.49. The molecule has 0 atom stereocenters. The number of hydrogen-bond donors (Lipinski definition) is 2. The molecule has 1 aromatic carbocycles. The van der Waals surface area contributed by atoms with Gasteiger partial charge in [0.05, 0.1) is 12.8 Å². The molecule has 0 saturated carbocycles. The van der Waals surface area contributed by atoms with Gasteiger partial charge in [-0.1, -0.05) is 30.3 Å². The third kappa shape index (κ3) is 2.43. The third-order valence-corrected chi connectivity index (χ3v) is 2.33. The molecule has 0 amide bonds. The second-order valence-corrected chi connectivity index (χ2v) is 3.43. The smallest absolute Gasteiger partial charge is 0.480 e. The number of aromatic nitrogens is 2. The summed E-state index contributed by atoms with van der Waals surface area (Å²) in [7, 11) is -0.235. The molecule has 0 aliphatic carbocycles. The molecule has 2 aromatic rings. The van der Waals surface area contributed by atoms with Crippen LogP contribution in [0.15, 0.2) is 36.4 Å². The van der Waals surface area contributed by atoms with Gasteiger partial charge in [0.1, 0.15) is 0 Å². The SMILES string of the molecule is COc1nnc(-c2ccccc2)cc1B(O)O. The Balaban J connectivity index is 2.48. The van der Waals surface area contributed by atoms with E-state index >= 15 is 0 Å². The average molecular weight is 230 g/mol. The first-order chi connectivity index (χ1) is 8.22. The van der Waals surface area contributed by atoms with E-state index in [9.17, 15) is 10.0 Å². The number of hydrogen-bond acceptors (Lipinski definition) is 5. The first kappa shape index (κ1) is 11.6. The van der Waals surface area contributed by atoms with Crippen LogP contribution in [-0.4, -0.2) is 34.5 Å². The Bertz CT molecular complexity index is 505. The number of nitrogens with zero attached hydrogens (tertiary/aromatic N) is 2. The average Bonchev–Trinajstić information content (AvgIpc) is 2.39. The largest absolute Gasteiger partial charge is 0.494 e. The summed E-state index contributed by atoms with van der Waals surface area (Å²) in [6.07, 6.45) is 0. The molecule has 0 bridgehead atoms. The van der Waals surface area contributed by atoms with Crippen molar-refractivity contribution in [2.45, 2.75) is 0 Å². The van der Waals surface area contributed by atoms with Gasteiger partial charge < -0.3 is 14.8 Å². The minimum atomic E-state index is -1.64. The van der Waals surface area contributed by atoms with Crippen LogP contribution in [0.3, 0.4) is 0 Å². The van der Waals surface area contributed by atoms with E-state index in [0.717, 1.165) is 5.56 Å². The van der Waals surface area contributed by atoms with Crippen LogP contribution in [0.25, 0.3) is 11.3 Å². The van der Waals surface area contributed by atoms with E-state index in [0.29, 0.717) is 5.69 Å². The van der Waals surface area contributed by atoms with E-state index in [1.165, 1.54) is 7.11 Å². The predicted octanol–water partition coefficient (Wildman–Crippen LogP) is -0.168. The van der Waals surface area contributed by atoms with Crippen LogP contribution in [0.2, 0.25) is 0 Å². The molecule has 1 heterocycles. The zero-order valence-corrected chi connectivity index (χ0v) is 9.24. The van der Waals surface area contributed by atoms with Crippen LogP contribution < -0.4 is 10.2 Å². The Hall–Kier alpha value is -1.92. The molecule has 0 fully saturated rings. The van der Waals surface area contributed by atoms with Gasteiger partial charge in [0.25, 0.3) is 0 Å². The molecule has 17 heavy (non-hydrogen) atoms. The van der Waals surface area contributed by atoms with Crippen LogP contribution >= 0.6 is 0 Å². The molecule has 2 N–H and O–H groups in total. The Morgan fingerprint density at radius 1 is 1.12 bits per heavy atom. The molecule has 2 rings (SSSR count). The van der Waals surface area contributed by atoms with Crippen LogP contribution in [0.5, 0.6) is 5.88 Å². The topological polar surface area (TPSA) is 75.5 Å². The first-order valence-electron chi connectivity index (χ1n) is 5.05. The van der Waals surface area contributed by atoms with Crippen LogP contribution in [0.4, 0.5) is 0 Å². The van der Waals surface area contributed by atoms with Gasteiger partial charge >= 0.3 is 7.12 Å². The maximum Gasteiger partial charge on any atom is 0.494 e. The van der Waals surface area contributed by atoms with Crippen LogP contribution in [0, 0.1) is 0 Å². The van der Waals surface area contributed by atoms with Crippen LogP contribution in [0.1, 0.15) is 0 Å². The minimum Gasteiger partial charge on any atom is -0.480 e. The highest BCUT2D eigenvalue weighted by Crippen LogP contribution is 2.15. The Morgan fingerprint density at radius 3 is 2.41 bits per heavy atom. The lowest BCUT2D eigenvalue weighted by Crippen LogP contribution is -2.32. The molecular weight excluding hydrogens is 219 g/mol. The van der Waals surface area contributed by atoms with Gasteiger partial charge in [0, 0.05) is 11.0 Å². The van der Waals surface area contributed by atoms with Crippen molar-refractivity contribution in [3.8, 4) is 17.1 Å². The maximum absolute atomic E-state index is 9.21. The molecule has 1 aromatic heterocycles. The van der Waals surface area contributed by atoms with E-state index in [-0.39, 0.29) is 11.3 Å². The van der Waals surface area contributed by atoms with Crippen molar-refractivity contribution in [1.29, 1.82) is 0 Å². The first-order valence-corrected chi connectivity index (χ1v) is 5.05. The van der Waals surface area contributed by atoms with Gasteiger partial charge in [-0.25, -0.2) is 0 Å². The lowest BCUT2D eigenvalue weighted by Gasteiger charge is -2.07. The van der Waals surface area contributed by atoms with Crippen molar-refractivity contribution in [3.05, 3.63) is 36.4 Å². The summed E-state index contributed by atoms with van der Waals surface area (Å²) in [6, 6.07) is 10.9. The second-order valence-electron chi connectivity index (χ2n) is 3.43. The van der Waals surface area contributed by atoms with Gasteiger partial charge in [-0.2, -0.15) is 0 Å². The third-order valence-electron chi connectivity index (χ3n) is 2.33. The number of rotatable bonds is 3. The highest BCUT2D eigenvalue weighted by Gasteiger charge is 2.19. The van der Waals surface area contributed by atoms with Gasteiger partial charge in [-0.15, -0.1) is 10.2 Å². The van der Waals surface area contributed by atoms with E-state index in [1.54, 1.807) is 6.07 Å². The highest BCUT2D eigenvalue weighted by molar-refractivity contribution is 6.59. The fourth-order valence-electron chi connectivity index (χ4n) is 1.49. The van der Waals surface area contributed by atoms with Gasteiger partial charge in [-0.05, 0) is 6.07 Å². The number of methoxy groups -OCH3 is 1. The summed E-state index contributed by atoms with van der Waals surface area (Å²) in [5, 5.41) is 26.2. The van der Waals surface area contributed by atoms with E-state index in [4.69, 9.17) is 4.74 Å².